The third-order valence-electron chi connectivity index (χ3n) is 3.91. The number of nitrogens with one attached hydrogen (secondary N) is 2. The fourth-order valence-electron chi connectivity index (χ4n) is 2.65. The van der Waals surface area contributed by atoms with Crippen molar-refractivity contribution in [2.45, 2.75) is 19.4 Å². The Kier molecular flexibility index (Phi) is 3.16. The van der Waals surface area contributed by atoms with Crippen molar-refractivity contribution in [3.05, 3.63) is 24.3 Å². The highest BCUT2D eigenvalue weighted by atomic mass is 16.2. The van der Waals surface area contributed by atoms with Crippen molar-refractivity contribution < 1.29 is 4.79 Å². The largest absolute Gasteiger partial charge is 0.357 e. The van der Waals surface area contributed by atoms with Gasteiger partial charge in [-0.1, -0.05) is 12.1 Å². The summed E-state index contributed by atoms with van der Waals surface area (Å²) in [7, 11) is 1.79. The van der Waals surface area contributed by atoms with Crippen LogP contribution in [0.4, 0.5) is 11.8 Å². The Labute approximate surface area is 123 Å². The van der Waals surface area contributed by atoms with Gasteiger partial charge in [-0.25, -0.2) is 4.98 Å². The Morgan fingerprint density at radius 1 is 1.29 bits per heavy atom. The molecule has 6 heteroatoms. The number of carbonyl (C=O) groups excluding carboxylic acids is 1. The van der Waals surface area contributed by atoms with Crippen LogP contribution in [0.15, 0.2) is 24.3 Å². The van der Waals surface area contributed by atoms with E-state index in [0.29, 0.717) is 12.5 Å². The lowest BCUT2D eigenvalue weighted by molar-refractivity contribution is -0.126. The van der Waals surface area contributed by atoms with Gasteiger partial charge in [0.15, 0.2) is 0 Å². The monoisotopic (exact) mass is 285 g/mol. The zero-order valence-corrected chi connectivity index (χ0v) is 12.5. The highest BCUT2D eigenvalue weighted by molar-refractivity contribution is 5.96. The van der Waals surface area contributed by atoms with Crippen LogP contribution in [-0.2, 0) is 4.79 Å². The van der Waals surface area contributed by atoms with E-state index < -0.39 is 5.54 Å². The summed E-state index contributed by atoms with van der Waals surface area (Å²) in [4.78, 5) is 23.3. The number of para-hydroxylation sites is 1. The number of hydrogen-bond donors (Lipinski definition) is 2. The summed E-state index contributed by atoms with van der Waals surface area (Å²) in [6.45, 7) is 5.17. The third kappa shape index (κ3) is 2.16. The van der Waals surface area contributed by atoms with Crippen LogP contribution in [0.5, 0.6) is 0 Å². The number of carbonyl (C=O) groups is 1. The van der Waals surface area contributed by atoms with Crippen molar-refractivity contribution in [2.24, 2.45) is 0 Å². The van der Waals surface area contributed by atoms with Gasteiger partial charge in [-0.15, -0.1) is 0 Å². The van der Waals surface area contributed by atoms with E-state index in [1.54, 1.807) is 7.05 Å². The first-order valence-corrected chi connectivity index (χ1v) is 7.04. The van der Waals surface area contributed by atoms with Crippen LogP contribution >= 0.6 is 0 Å². The molecule has 1 aliphatic rings. The number of piperazine rings is 1. The SMILES string of the molecule is CNc1nc(N2CCNC(=O)C2(C)C)c2ccccc2n1. The van der Waals surface area contributed by atoms with Gasteiger partial charge in [-0.2, -0.15) is 4.98 Å². The van der Waals surface area contributed by atoms with Crippen molar-refractivity contribution in [1.82, 2.24) is 15.3 Å². The molecule has 0 spiro atoms. The molecule has 6 nitrogen and oxygen atoms in total. The van der Waals surface area contributed by atoms with E-state index in [0.717, 1.165) is 23.3 Å². The summed E-state index contributed by atoms with van der Waals surface area (Å²) in [6, 6.07) is 7.86. The molecule has 1 aromatic carbocycles. The van der Waals surface area contributed by atoms with Crippen molar-refractivity contribution in [2.75, 3.05) is 30.4 Å². The molecule has 0 saturated carbocycles. The molecule has 1 aromatic heterocycles. The Bertz CT molecular complexity index is 698. The first-order chi connectivity index (χ1) is 10.0. The lowest BCUT2D eigenvalue weighted by atomic mass is 9.98. The van der Waals surface area contributed by atoms with Crippen LogP contribution in [-0.4, -0.2) is 41.6 Å². The predicted octanol–water partition coefficient (Wildman–Crippen LogP) is 1.39. The summed E-state index contributed by atoms with van der Waals surface area (Å²) in [5.41, 5.74) is 0.231. The first-order valence-electron chi connectivity index (χ1n) is 7.04. The Morgan fingerprint density at radius 2 is 2.05 bits per heavy atom. The van der Waals surface area contributed by atoms with Crippen LogP contribution in [0, 0.1) is 0 Å². The van der Waals surface area contributed by atoms with E-state index in [9.17, 15) is 4.79 Å². The molecule has 3 rings (SSSR count). The van der Waals surface area contributed by atoms with Gasteiger partial charge < -0.3 is 15.5 Å². The molecule has 1 amide bonds. The highest BCUT2D eigenvalue weighted by Crippen LogP contribution is 2.31. The first kappa shape index (κ1) is 13.6. The van der Waals surface area contributed by atoms with Crippen molar-refractivity contribution in [3.8, 4) is 0 Å². The van der Waals surface area contributed by atoms with Gasteiger partial charge >= 0.3 is 0 Å². The van der Waals surface area contributed by atoms with Crippen LogP contribution in [0.3, 0.4) is 0 Å². The maximum absolute atomic E-state index is 12.2. The van der Waals surface area contributed by atoms with E-state index in [4.69, 9.17) is 0 Å². The number of rotatable bonds is 2. The molecule has 110 valence electrons. The van der Waals surface area contributed by atoms with Crippen molar-refractivity contribution >= 4 is 28.6 Å². The number of aromatic nitrogens is 2. The number of fused-ring (bicyclic) bond motifs is 1. The van der Waals surface area contributed by atoms with Crippen LogP contribution in [0.2, 0.25) is 0 Å². The molecule has 0 aliphatic carbocycles. The molecule has 1 aliphatic heterocycles. The number of nitrogens with zero attached hydrogens (tertiary/aromatic N) is 3. The van der Waals surface area contributed by atoms with Gasteiger partial charge in [0, 0.05) is 25.5 Å². The lowest BCUT2D eigenvalue weighted by Gasteiger charge is -2.42. The average molecular weight is 285 g/mol. The van der Waals surface area contributed by atoms with E-state index in [-0.39, 0.29) is 5.91 Å². The molecule has 2 aromatic rings. The fraction of sp³-hybridized carbons (Fsp3) is 0.400. The van der Waals surface area contributed by atoms with Crippen LogP contribution in [0.25, 0.3) is 10.9 Å². The maximum atomic E-state index is 12.2. The number of anilines is 2. The van der Waals surface area contributed by atoms with Crippen molar-refractivity contribution in [1.29, 1.82) is 0 Å². The normalized spacial score (nSPS) is 17.7. The summed E-state index contributed by atoms with van der Waals surface area (Å²) < 4.78 is 0. The van der Waals surface area contributed by atoms with Gasteiger partial charge in [0.2, 0.25) is 11.9 Å². The zero-order valence-electron chi connectivity index (χ0n) is 12.5. The molecule has 0 atom stereocenters. The number of hydrogen-bond acceptors (Lipinski definition) is 5. The predicted molar refractivity (Wildman–Crippen MR) is 83.5 cm³/mol. The van der Waals surface area contributed by atoms with Gasteiger partial charge in [-0.05, 0) is 26.0 Å². The summed E-state index contributed by atoms with van der Waals surface area (Å²) in [5.74, 6) is 1.37. The van der Waals surface area contributed by atoms with E-state index in [1.807, 2.05) is 38.1 Å². The molecule has 2 heterocycles. The summed E-state index contributed by atoms with van der Waals surface area (Å²) in [6.07, 6.45) is 0. The van der Waals surface area contributed by atoms with E-state index >= 15 is 0 Å². The molecule has 0 radical (unpaired) electrons. The van der Waals surface area contributed by atoms with Gasteiger partial charge in [0.05, 0.1) is 5.52 Å². The molecule has 1 saturated heterocycles. The zero-order chi connectivity index (χ0) is 15.0. The number of benzene rings is 1. The fourth-order valence-corrected chi connectivity index (χ4v) is 2.65. The second-order valence-electron chi connectivity index (χ2n) is 5.60. The molecule has 1 fully saturated rings. The Balaban J connectivity index is 2.21. The van der Waals surface area contributed by atoms with E-state index in [2.05, 4.69) is 25.5 Å². The van der Waals surface area contributed by atoms with Crippen molar-refractivity contribution in [3.63, 3.8) is 0 Å². The third-order valence-corrected chi connectivity index (χ3v) is 3.91. The van der Waals surface area contributed by atoms with Crippen LogP contribution in [0.1, 0.15) is 13.8 Å². The highest BCUT2D eigenvalue weighted by Gasteiger charge is 2.39. The van der Waals surface area contributed by atoms with Gasteiger partial charge in [0.25, 0.3) is 0 Å². The van der Waals surface area contributed by atoms with Gasteiger partial charge in [-0.3, -0.25) is 4.79 Å². The second kappa shape index (κ2) is 4.87. The quantitative estimate of drug-likeness (QED) is 0.872. The Morgan fingerprint density at radius 3 is 2.81 bits per heavy atom. The topological polar surface area (TPSA) is 70.2 Å². The number of amides is 1. The van der Waals surface area contributed by atoms with Crippen LogP contribution < -0.4 is 15.5 Å². The summed E-state index contributed by atoms with van der Waals surface area (Å²) >= 11 is 0. The molecular formula is C15H19N5O. The van der Waals surface area contributed by atoms with E-state index in [1.165, 1.54) is 0 Å². The average Bonchev–Trinajstić information content (AvgIpc) is 2.49. The molecule has 0 unspecified atom stereocenters. The molecule has 0 bridgehead atoms. The minimum atomic E-state index is -0.639. The minimum absolute atomic E-state index is 0.0162. The molecular weight excluding hydrogens is 266 g/mol. The second-order valence-corrected chi connectivity index (χ2v) is 5.60. The maximum Gasteiger partial charge on any atom is 0.245 e. The summed E-state index contributed by atoms with van der Waals surface area (Å²) in [5, 5.41) is 6.85. The smallest absolute Gasteiger partial charge is 0.245 e. The standard InChI is InChI=1S/C15H19N5O/c1-15(2)13(21)17-8-9-20(15)12-10-6-4-5-7-11(10)18-14(16-3)19-12/h4-7H,8-9H2,1-3H3,(H,17,21)(H,16,18,19). The molecule has 21 heavy (non-hydrogen) atoms. The lowest BCUT2D eigenvalue weighted by Crippen LogP contribution is -2.62. The Hall–Kier alpha value is -2.37. The minimum Gasteiger partial charge on any atom is -0.357 e. The molecule has 2 N–H and O–H groups in total. The van der Waals surface area contributed by atoms with Gasteiger partial charge in [0.1, 0.15) is 11.4 Å².